The van der Waals surface area contributed by atoms with E-state index >= 15 is 0 Å². The van der Waals surface area contributed by atoms with Crippen LogP contribution < -0.4 is 0 Å². The summed E-state index contributed by atoms with van der Waals surface area (Å²) in [7, 11) is 0. The largest absolute Gasteiger partial charge is 0.0885 e. The third kappa shape index (κ3) is 17.7. The lowest BCUT2D eigenvalue weighted by molar-refractivity contribution is 0.570. The van der Waals surface area contributed by atoms with Gasteiger partial charge in [-0.1, -0.05) is 103 Å². The van der Waals surface area contributed by atoms with Gasteiger partial charge in [0.15, 0.2) is 0 Å². The predicted octanol–water partition coefficient (Wildman–Crippen LogP) is 7.64. The third-order valence-corrected chi connectivity index (χ3v) is 4.01. The lowest BCUT2D eigenvalue weighted by Gasteiger charge is -2.00. The number of rotatable bonds is 16. The van der Waals surface area contributed by atoms with E-state index in [2.05, 4.69) is 26.0 Å². The molecule has 0 aromatic carbocycles. The maximum absolute atomic E-state index is 3.89. The van der Waals surface area contributed by atoms with Crippen molar-refractivity contribution in [3.8, 4) is 0 Å². The minimum absolute atomic E-state index is 1.12. The maximum Gasteiger partial charge on any atom is -0.0351 e. The van der Waals surface area contributed by atoms with E-state index < -0.39 is 0 Å². The first kappa shape index (κ1) is 19.7. The fourth-order valence-electron chi connectivity index (χ4n) is 2.60. The van der Waals surface area contributed by atoms with Gasteiger partial charge in [-0.3, -0.25) is 0 Å². The zero-order valence-corrected chi connectivity index (χ0v) is 14.2. The van der Waals surface area contributed by atoms with Crippen molar-refractivity contribution in [2.24, 2.45) is 0 Å². The summed E-state index contributed by atoms with van der Waals surface area (Å²) in [5.74, 6) is 0. The Morgan fingerprint density at radius 1 is 0.550 bits per heavy atom. The Bertz CT molecular complexity index is 180. The highest BCUT2D eigenvalue weighted by atomic mass is 14.0. The molecule has 0 N–H and O–H groups in total. The van der Waals surface area contributed by atoms with Gasteiger partial charge in [-0.25, -0.2) is 0 Å². The molecule has 0 aromatic heterocycles. The van der Waals surface area contributed by atoms with Crippen LogP contribution in [0.4, 0.5) is 0 Å². The highest BCUT2D eigenvalue weighted by molar-refractivity contribution is 4.81. The molecule has 0 spiro atoms. The Labute approximate surface area is 129 Å². The van der Waals surface area contributed by atoms with E-state index in [0.717, 1.165) is 6.42 Å². The van der Waals surface area contributed by atoms with Crippen LogP contribution >= 0.6 is 0 Å². The molecule has 0 saturated carbocycles. The van der Waals surface area contributed by atoms with Crippen LogP contribution in [-0.2, 0) is 0 Å². The van der Waals surface area contributed by atoms with Gasteiger partial charge in [0.2, 0.25) is 0 Å². The SMILES string of the molecule is [CH2]CCCCCCCCCC/C=C/CCCCCCC. The highest BCUT2D eigenvalue weighted by Gasteiger charge is 1.91. The summed E-state index contributed by atoms with van der Waals surface area (Å²) in [5, 5.41) is 0. The van der Waals surface area contributed by atoms with Crippen molar-refractivity contribution in [1.82, 2.24) is 0 Å². The molecule has 20 heavy (non-hydrogen) atoms. The molecule has 0 heteroatoms. The first-order chi connectivity index (χ1) is 9.91. The van der Waals surface area contributed by atoms with Crippen molar-refractivity contribution in [1.29, 1.82) is 0 Å². The second kappa shape index (κ2) is 18.7. The van der Waals surface area contributed by atoms with Crippen LogP contribution in [0.25, 0.3) is 0 Å². The number of allylic oxidation sites excluding steroid dienone is 2. The lowest BCUT2D eigenvalue weighted by atomic mass is 10.1. The second-order valence-electron chi connectivity index (χ2n) is 6.14. The molecule has 0 saturated heterocycles. The molecule has 119 valence electrons. The topological polar surface area (TPSA) is 0 Å². The van der Waals surface area contributed by atoms with Crippen LogP contribution in [0.5, 0.6) is 0 Å². The number of unbranched alkanes of at least 4 members (excludes halogenated alkanes) is 14. The van der Waals surface area contributed by atoms with E-state index in [0.29, 0.717) is 0 Å². The summed E-state index contributed by atoms with van der Waals surface area (Å²) in [6, 6.07) is 0. The summed E-state index contributed by atoms with van der Waals surface area (Å²) >= 11 is 0. The standard InChI is InChI=1S/C20H39/c1-3-5-7-9-11-13-15-17-19-20-18-16-14-12-10-8-6-4-2/h16,18H,1,3-15,17,19-20H2,2H3/b18-16+. The van der Waals surface area contributed by atoms with E-state index in [4.69, 9.17) is 0 Å². The Morgan fingerprint density at radius 3 is 1.40 bits per heavy atom. The molecule has 0 aromatic rings. The predicted molar refractivity (Wildman–Crippen MR) is 94.0 cm³/mol. The third-order valence-electron chi connectivity index (χ3n) is 4.01. The van der Waals surface area contributed by atoms with Crippen molar-refractivity contribution in [2.75, 3.05) is 0 Å². The Hall–Kier alpha value is -0.260. The van der Waals surface area contributed by atoms with Crippen molar-refractivity contribution in [3.05, 3.63) is 19.1 Å². The second-order valence-corrected chi connectivity index (χ2v) is 6.14. The Morgan fingerprint density at radius 2 is 0.950 bits per heavy atom. The average Bonchev–Trinajstić information content (AvgIpc) is 2.47. The van der Waals surface area contributed by atoms with Crippen molar-refractivity contribution < 1.29 is 0 Å². The molecule has 0 heterocycles. The molecule has 0 atom stereocenters. The van der Waals surface area contributed by atoms with Gasteiger partial charge >= 0.3 is 0 Å². The molecular weight excluding hydrogens is 240 g/mol. The van der Waals surface area contributed by atoms with E-state index in [1.807, 2.05) is 0 Å². The lowest BCUT2D eigenvalue weighted by Crippen LogP contribution is -1.81. The number of hydrogen-bond donors (Lipinski definition) is 0. The molecule has 0 aliphatic rings. The van der Waals surface area contributed by atoms with Crippen molar-refractivity contribution >= 4 is 0 Å². The van der Waals surface area contributed by atoms with E-state index in [1.54, 1.807) is 0 Å². The van der Waals surface area contributed by atoms with Crippen molar-refractivity contribution in [3.63, 3.8) is 0 Å². The van der Waals surface area contributed by atoms with Gasteiger partial charge in [-0.05, 0) is 25.7 Å². The van der Waals surface area contributed by atoms with E-state index in [9.17, 15) is 0 Å². The molecule has 0 bridgehead atoms. The van der Waals surface area contributed by atoms with Crippen LogP contribution in [0.2, 0.25) is 0 Å². The highest BCUT2D eigenvalue weighted by Crippen LogP contribution is 2.11. The summed E-state index contributed by atoms with van der Waals surface area (Å²) in [6.45, 7) is 6.17. The minimum Gasteiger partial charge on any atom is -0.0885 e. The first-order valence-electron chi connectivity index (χ1n) is 9.36. The van der Waals surface area contributed by atoms with Crippen LogP contribution in [0.1, 0.15) is 110 Å². The van der Waals surface area contributed by atoms with Gasteiger partial charge in [-0.2, -0.15) is 0 Å². The normalized spacial score (nSPS) is 11.5. The zero-order chi connectivity index (χ0) is 14.7. The van der Waals surface area contributed by atoms with Crippen LogP contribution in [-0.4, -0.2) is 0 Å². The van der Waals surface area contributed by atoms with Crippen molar-refractivity contribution in [2.45, 2.75) is 110 Å². The fraction of sp³-hybridized carbons (Fsp3) is 0.850. The maximum atomic E-state index is 3.89. The summed E-state index contributed by atoms with van der Waals surface area (Å²) < 4.78 is 0. The fourth-order valence-corrected chi connectivity index (χ4v) is 2.60. The molecule has 0 fully saturated rings. The van der Waals surface area contributed by atoms with Gasteiger partial charge in [0, 0.05) is 0 Å². The monoisotopic (exact) mass is 279 g/mol. The van der Waals surface area contributed by atoms with Crippen LogP contribution in [0.15, 0.2) is 12.2 Å². The van der Waals surface area contributed by atoms with Crippen LogP contribution in [0, 0.1) is 6.92 Å². The Kier molecular flexibility index (Phi) is 18.5. The van der Waals surface area contributed by atoms with Gasteiger partial charge in [0.05, 0.1) is 0 Å². The minimum atomic E-state index is 1.12. The zero-order valence-electron chi connectivity index (χ0n) is 14.2. The quantitative estimate of drug-likeness (QED) is 0.201. The summed E-state index contributed by atoms with van der Waals surface area (Å²) in [6.07, 6.45) is 26.8. The van der Waals surface area contributed by atoms with Gasteiger partial charge in [-0.15, -0.1) is 0 Å². The van der Waals surface area contributed by atoms with Gasteiger partial charge < -0.3 is 0 Å². The van der Waals surface area contributed by atoms with E-state index in [-0.39, 0.29) is 0 Å². The molecule has 0 unspecified atom stereocenters. The summed E-state index contributed by atoms with van der Waals surface area (Å²) in [5.41, 5.74) is 0. The Balaban J connectivity index is 3.01. The molecule has 0 rings (SSSR count). The first-order valence-corrected chi connectivity index (χ1v) is 9.36. The van der Waals surface area contributed by atoms with E-state index in [1.165, 1.54) is 96.3 Å². The van der Waals surface area contributed by atoms with Gasteiger partial charge in [0.1, 0.15) is 0 Å². The molecule has 0 amide bonds. The van der Waals surface area contributed by atoms with Gasteiger partial charge in [0.25, 0.3) is 0 Å². The van der Waals surface area contributed by atoms with Crippen LogP contribution in [0.3, 0.4) is 0 Å². The molecule has 0 nitrogen and oxygen atoms in total. The molecule has 0 aliphatic carbocycles. The summed E-state index contributed by atoms with van der Waals surface area (Å²) in [4.78, 5) is 0. The molecule has 1 radical (unpaired) electrons. The molecular formula is C20H39. The molecule has 0 aliphatic heterocycles. The number of hydrogen-bond acceptors (Lipinski definition) is 0. The average molecular weight is 280 g/mol. The smallest absolute Gasteiger partial charge is 0.0351 e.